The molecule has 0 heterocycles. The smallest absolute Gasteiger partial charge is 0.313 e. The molecule has 2 aromatic carbocycles. The van der Waals surface area contributed by atoms with Gasteiger partial charge in [0.25, 0.3) is 0 Å². The summed E-state index contributed by atoms with van der Waals surface area (Å²) in [4.78, 5) is 25.6. The summed E-state index contributed by atoms with van der Waals surface area (Å²) >= 11 is 0. The van der Waals surface area contributed by atoms with Crippen molar-refractivity contribution >= 4 is 23.2 Å². The zero-order valence-electron chi connectivity index (χ0n) is 12.7. The summed E-state index contributed by atoms with van der Waals surface area (Å²) in [6.07, 6.45) is 0. The Balaban J connectivity index is 1.91. The summed E-state index contributed by atoms with van der Waals surface area (Å²) < 4.78 is 0. The molecular formula is C17H19N3O2. The van der Waals surface area contributed by atoms with Crippen LogP contribution in [-0.4, -0.2) is 25.9 Å². The predicted molar refractivity (Wildman–Crippen MR) is 87.7 cm³/mol. The fourth-order valence-corrected chi connectivity index (χ4v) is 1.91. The second-order valence-corrected chi connectivity index (χ2v) is 5.07. The van der Waals surface area contributed by atoms with Crippen molar-refractivity contribution in [2.75, 3.05) is 24.3 Å². The van der Waals surface area contributed by atoms with Crippen LogP contribution in [0.25, 0.3) is 0 Å². The van der Waals surface area contributed by atoms with E-state index in [1.807, 2.05) is 67.5 Å². The largest absolute Gasteiger partial charge is 0.378 e. The Hall–Kier alpha value is -2.82. The molecule has 2 aromatic rings. The van der Waals surface area contributed by atoms with Crippen molar-refractivity contribution in [1.29, 1.82) is 0 Å². The van der Waals surface area contributed by atoms with Crippen molar-refractivity contribution in [2.45, 2.75) is 6.54 Å². The molecule has 0 radical (unpaired) electrons. The maximum atomic E-state index is 11.9. The molecule has 0 spiro atoms. The monoisotopic (exact) mass is 297 g/mol. The number of carbonyl (C=O) groups is 2. The number of hydrogen-bond acceptors (Lipinski definition) is 3. The molecule has 0 aliphatic carbocycles. The van der Waals surface area contributed by atoms with Gasteiger partial charge in [0, 0.05) is 32.0 Å². The molecule has 2 rings (SSSR count). The van der Waals surface area contributed by atoms with E-state index in [0.29, 0.717) is 12.2 Å². The van der Waals surface area contributed by atoms with Crippen LogP contribution < -0.4 is 15.5 Å². The molecule has 0 aliphatic heterocycles. The van der Waals surface area contributed by atoms with Crippen LogP contribution in [0.3, 0.4) is 0 Å². The lowest BCUT2D eigenvalue weighted by Crippen LogP contribution is -2.34. The summed E-state index contributed by atoms with van der Waals surface area (Å²) in [5, 5.41) is 5.19. The average Bonchev–Trinajstić information content (AvgIpc) is 2.53. The molecule has 0 atom stereocenters. The van der Waals surface area contributed by atoms with E-state index in [1.54, 1.807) is 6.07 Å². The van der Waals surface area contributed by atoms with Crippen molar-refractivity contribution in [1.82, 2.24) is 5.32 Å². The minimum atomic E-state index is -0.674. The van der Waals surface area contributed by atoms with Crippen LogP contribution in [0.5, 0.6) is 0 Å². The van der Waals surface area contributed by atoms with Crippen molar-refractivity contribution in [3.8, 4) is 0 Å². The number of carbonyl (C=O) groups excluding carboxylic acids is 2. The lowest BCUT2D eigenvalue weighted by molar-refractivity contribution is -0.136. The molecule has 0 aliphatic rings. The van der Waals surface area contributed by atoms with E-state index in [2.05, 4.69) is 10.6 Å². The predicted octanol–water partition coefficient (Wildman–Crippen LogP) is 2.01. The molecule has 5 nitrogen and oxygen atoms in total. The summed E-state index contributed by atoms with van der Waals surface area (Å²) in [5.41, 5.74) is 2.48. The molecule has 0 fully saturated rings. The van der Waals surface area contributed by atoms with Gasteiger partial charge in [-0.1, -0.05) is 36.4 Å². The molecule has 2 N–H and O–H groups in total. The molecule has 0 bridgehead atoms. The zero-order chi connectivity index (χ0) is 15.9. The van der Waals surface area contributed by atoms with Crippen molar-refractivity contribution in [2.24, 2.45) is 0 Å². The highest BCUT2D eigenvalue weighted by atomic mass is 16.2. The molecule has 0 saturated carbocycles. The lowest BCUT2D eigenvalue weighted by Gasteiger charge is -2.14. The Kier molecular flexibility index (Phi) is 5.14. The Morgan fingerprint density at radius 1 is 0.955 bits per heavy atom. The fourth-order valence-electron chi connectivity index (χ4n) is 1.91. The van der Waals surface area contributed by atoms with Crippen molar-refractivity contribution in [3.05, 3.63) is 60.2 Å². The molecule has 0 aromatic heterocycles. The van der Waals surface area contributed by atoms with Crippen LogP contribution in [0.1, 0.15) is 5.56 Å². The van der Waals surface area contributed by atoms with Crippen LogP contribution in [0.4, 0.5) is 11.4 Å². The van der Waals surface area contributed by atoms with Crippen LogP contribution in [0.2, 0.25) is 0 Å². The SMILES string of the molecule is CN(C)c1cccc(NC(=O)C(=O)NCc2ccccc2)c1. The van der Waals surface area contributed by atoms with Gasteiger partial charge >= 0.3 is 11.8 Å². The number of anilines is 2. The van der Waals surface area contributed by atoms with E-state index in [9.17, 15) is 9.59 Å². The van der Waals surface area contributed by atoms with Crippen LogP contribution >= 0.6 is 0 Å². The van der Waals surface area contributed by atoms with Crippen molar-refractivity contribution in [3.63, 3.8) is 0 Å². The highest BCUT2D eigenvalue weighted by molar-refractivity contribution is 6.39. The Morgan fingerprint density at radius 3 is 2.36 bits per heavy atom. The van der Waals surface area contributed by atoms with Crippen LogP contribution in [0, 0.1) is 0 Å². The highest BCUT2D eigenvalue weighted by Crippen LogP contribution is 2.17. The summed E-state index contributed by atoms with van der Waals surface area (Å²) in [7, 11) is 3.82. The van der Waals surface area contributed by atoms with E-state index in [4.69, 9.17) is 0 Å². The Bertz CT molecular complexity index is 654. The second kappa shape index (κ2) is 7.26. The van der Waals surface area contributed by atoms with Gasteiger partial charge in [-0.05, 0) is 23.8 Å². The maximum Gasteiger partial charge on any atom is 0.313 e. The summed E-state index contributed by atoms with van der Waals surface area (Å²) in [6, 6.07) is 16.7. The van der Waals surface area contributed by atoms with Gasteiger partial charge in [-0.3, -0.25) is 9.59 Å². The molecule has 0 unspecified atom stereocenters. The molecule has 5 heteroatoms. The number of nitrogens with one attached hydrogen (secondary N) is 2. The van der Waals surface area contributed by atoms with Gasteiger partial charge in [0.05, 0.1) is 0 Å². The van der Waals surface area contributed by atoms with Gasteiger partial charge < -0.3 is 15.5 Å². The van der Waals surface area contributed by atoms with Crippen LogP contribution in [0.15, 0.2) is 54.6 Å². The Labute approximate surface area is 129 Å². The normalized spacial score (nSPS) is 9.91. The second-order valence-electron chi connectivity index (χ2n) is 5.07. The van der Waals surface area contributed by atoms with Crippen molar-refractivity contribution < 1.29 is 9.59 Å². The minimum Gasteiger partial charge on any atom is -0.378 e. The zero-order valence-corrected chi connectivity index (χ0v) is 12.7. The van der Waals surface area contributed by atoms with Gasteiger partial charge in [0.15, 0.2) is 0 Å². The standard InChI is InChI=1S/C17H19N3O2/c1-20(2)15-10-6-9-14(11-15)19-17(22)16(21)18-12-13-7-4-3-5-8-13/h3-11H,12H2,1-2H3,(H,18,21)(H,19,22). The third-order valence-electron chi connectivity index (χ3n) is 3.12. The van der Waals surface area contributed by atoms with E-state index in [1.165, 1.54) is 0 Å². The van der Waals surface area contributed by atoms with E-state index >= 15 is 0 Å². The van der Waals surface area contributed by atoms with Gasteiger partial charge in [-0.25, -0.2) is 0 Å². The third kappa shape index (κ3) is 4.34. The number of nitrogens with zero attached hydrogens (tertiary/aromatic N) is 1. The topological polar surface area (TPSA) is 61.4 Å². The molecule has 22 heavy (non-hydrogen) atoms. The molecule has 2 amide bonds. The highest BCUT2D eigenvalue weighted by Gasteiger charge is 2.13. The number of amides is 2. The number of rotatable bonds is 4. The van der Waals surface area contributed by atoms with Gasteiger partial charge in [0.2, 0.25) is 0 Å². The van der Waals surface area contributed by atoms with Gasteiger partial charge in [0.1, 0.15) is 0 Å². The first-order valence-corrected chi connectivity index (χ1v) is 6.97. The number of hydrogen-bond donors (Lipinski definition) is 2. The first kappa shape index (κ1) is 15.6. The fraction of sp³-hybridized carbons (Fsp3) is 0.176. The Morgan fingerprint density at radius 2 is 1.68 bits per heavy atom. The number of benzene rings is 2. The van der Waals surface area contributed by atoms with E-state index in [-0.39, 0.29) is 0 Å². The van der Waals surface area contributed by atoms with Gasteiger partial charge in [-0.2, -0.15) is 0 Å². The molecule has 0 saturated heterocycles. The maximum absolute atomic E-state index is 11.9. The first-order chi connectivity index (χ1) is 10.6. The average molecular weight is 297 g/mol. The molecular weight excluding hydrogens is 278 g/mol. The minimum absolute atomic E-state index is 0.324. The summed E-state index contributed by atoms with van der Waals surface area (Å²) in [5.74, 6) is -1.33. The first-order valence-electron chi connectivity index (χ1n) is 6.97. The quantitative estimate of drug-likeness (QED) is 0.849. The van der Waals surface area contributed by atoms with Crippen LogP contribution in [-0.2, 0) is 16.1 Å². The molecule has 114 valence electrons. The summed E-state index contributed by atoms with van der Waals surface area (Å²) in [6.45, 7) is 0.324. The van der Waals surface area contributed by atoms with E-state index < -0.39 is 11.8 Å². The third-order valence-corrected chi connectivity index (χ3v) is 3.12. The van der Waals surface area contributed by atoms with Gasteiger partial charge in [-0.15, -0.1) is 0 Å². The van der Waals surface area contributed by atoms with E-state index in [0.717, 1.165) is 11.3 Å². The lowest BCUT2D eigenvalue weighted by atomic mass is 10.2.